The van der Waals surface area contributed by atoms with E-state index in [1.165, 1.54) is 0 Å². The molecule has 0 aliphatic carbocycles. The summed E-state index contributed by atoms with van der Waals surface area (Å²) in [6.45, 7) is 0.767. The summed E-state index contributed by atoms with van der Waals surface area (Å²) < 4.78 is 5.06. The molecule has 1 aromatic carbocycles. The lowest BCUT2D eigenvalue weighted by molar-refractivity contribution is 0.190. The van der Waals surface area contributed by atoms with Crippen LogP contribution in [0.2, 0.25) is 5.02 Å². The summed E-state index contributed by atoms with van der Waals surface area (Å²) in [6, 6.07) is 7.80. The molecule has 0 saturated carbocycles. The SMILES string of the molecule is COCCCCC(CCl)(CCl)c1ccccc1Cl. The predicted octanol–water partition coefficient (Wildman–Crippen LogP) is 4.87. The van der Waals surface area contributed by atoms with E-state index in [9.17, 15) is 0 Å². The molecular weight excluding hydrogens is 291 g/mol. The highest BCUT2D eigenvalue weighted by molar-refractivity contribution is 6.32. The molecule has 0 atom stereocenters. The molecule has 0 bridgehead atoms. The quantitative estimate of drug-likeness (QED) is 0.491. The molecule has 4 heteroatoms. The van der Waals surface area contributed by atoms with E-state index in [2.05, 4.69) is 0 Å². The van der Waals surface area contributed by atoms with E-state index < -0.39 is 0 Å². The van der Waals surface area contributed by atoms with Crippen molar-refractivity contribution in [2.24, 2.45) is 0 Å². The van der Waals surface area contributed by atoms with Crippen molar-refractivity contribution in [2.75, 3.05) is 25.5 Å². The largest absolute Gasteiger partial charge is 0.385 e. The molecule has 0 heterocycles. The number of benzene rings is 1. The van der Waals surface area contributed by atoms with Gasteiger partial charge in [0.2, 0.25) is 0 Å². The number of alkyl halides is 2. The summed E-state index contributed by atoms with van der Waals surface area (Å²) in [4.78, 5) is 0. The Hall–Kier alpha value is 0.0500. The topological polar surface area (TPSA) is 9.23 Å². The van der Waals surface area contributed by atoms with Crippen LogP contribution in [-0.2, 0) is 10.2 Å². The summed E-state index contributed by atoms with van der Waals surface area (Å²) in [5.74, 6) is 0.959. The molecule has 0 spiro atoms. The highest BCUT2D eigenvalue weighted by Crippen LogP contribution is 2.37. The second kappa shape index (κ2) is 8.27. The molecule has 18 heavy (non-hydrogen) atoms. The van der Waals surface area contributed by atoms with Crippen molar-refractivity contribution < 1.29 is 4.74 Å². The Morgan fingerprint density at radius 3 is 2.33 bits per heavy atom. The lowest BCUT2D eigenvalue weighted by Crippen LogP contribution is -2.31. The van der Waals surface area contributed by atoms with Crippen LogP contribution in [0.25, 0.3) is 0 Å². The van der Waals surface area contributed by atoms with Gasteiger partial charge in [-0.3, -0.25) is 0 Å². The number of rotatable bonds is 8. The molecule has 0 aliphatic rings. The summed E-state index contributed by atoms with van der Waals surface area (Å²) in [5, 5.41) is 0.741. The molecule has 102 valence electrons. The highest BCUT2D eigenvalue weighted by Gasteiger charge is 2.31. The minimum absolute atomic E-state index is 0.241. The van der Waals surface area contributed by atoms with Gasteiger partial charge in [-0.2, -0.15) is 0 Å². The lowest BCUT2D eigenvalue weighted by atomic mass is 9.79. The Bertz CT molecular complexity index is 351. The van der Waals surface area contributed by atoms with Crippen LogP contribution in [-0.4, -0.2) is 25.5 Å². The van der Waals surface area contributed by atoms with Crippen molar-refractivity contribution >= 4 is 34.8 Å². The molecule has 1 nitrogen and oxygen atoms in total. The van der Waals surface area contributed by atoms with E-state index in [4.69, 9.17) is 39.5 Å². The van der Waals surface area contributed by atoms with Gasteiger partial charge >= 0.3 is 0 Å². The van der Waals surface area contributed by atoms with Crippen molar-refractivity contribution in [3.63, 3.8) is 0 Å². The molecule has 0 aromatic heterocycles. The van der Waals surface area contributed by atoms with Gasteiger partial charge in [-0.25, -0.2) is 0 Å². The first-order valence-electron chi connectivity index (χ1n) is 6.06. The number of methoxy groups -OCH3 is 1. The molecular formula is C14H19Cl3O. The molecule has 0 fully saturated rings. The number of ether oxygens (including phenoxy) is 1. The van der Waals surface area contributed by atoms with Crippen LogP contribution in [0, 0.1) is 0 Å². The normalized spacial score (nSPS) is 11.8. The first kappa shape index (κ1) is 16.1. The van der Waals surface area contributed by atoms with Gasteiger partial charge in [-0.05, 0) is 24.5 Å². The number of hydrogen-bond donors (Lipinski definition) is 0. The van der Waals surface area contributed by atoms with Crippen molar-refractivity contribution in [3.8, 4) is 0 Å². The molecule has 1 rings (SSSR count). The zero-order chi connectivity index (χ0) is 13.4. The van der Waals surface area contributed by atoms with Gasteiger partial charge in [0.25, 0.3) is 0 Å². The number of unbranched alkanes of at least 4 members (excludes halogenated alkanes) is 1. The average Bonchev–Trinajstić information content (AvgIpc) is 2.41. The van der Waals surface area contributed by atoms with Gasteiger partial charge in [0, 0.05) is 35.9 Å². The molecule has 1 aromatic rings. The summed E-state index contributed by atoms with van der Waals surface area (Å²) in [6.07, 6.45) is 2.96. The Labute approximate surface area is 124 Å². The number of halogens is 3. The van der Waals surface area contributed by atoms with Gasteiger partial charge in [0.1, 0.15) is 0 Å². The third kappa shape index (κ3) is 4.03. The zero-order valence-electron chi connectivity index (χ0n) is 10.6. The molecule has 0 amide bonds. The average molecular weight is 310 g/mol. The summed E-state index contributed by atoms with van der Waals surface area (Å²) >= 11 is 18.6. The van der Waals surface area contributed by atoms with Gasteiger partial charge in [0.15, 0.2) is 0 Å². The number of hydrogen-bond acceptors (Lipinski definition) is 1. The van der Waals surface area contributed by atoms with Gasteiger partial charge in [-0.15, -0.1) is 23.2 Å². The molecule has 0 aliphatic heterocycles. The minimum Gasteiger partial charge on any atom is -0.385 e. The Morgan fingerprint density at radius 1 is 1.11 bits per heavy atom. The van der Waals surface area contributed by atoms with Gasteiger partial charge in [0.05, 0.1) is 0 Å². The van der Waals surface area contributed by atoms with E-state index in [1.807, 2.05) is 24.3 Å². The fourth-order valence-electron chi connectivity index (χ4n) is 2.05. The molecule has 0 unspecified atom stereocenters. The lowest BCUT2D eigenvalue weighted by Gasteiger charge is -2.31. The van der Waals surface area contributed by atoms with Crippen LogP contribution in [0.1, 0.15) is 24.8 Å². The Morgan fingerprint density at radius 2 is 1.78 bits per heavy atom. The van der Waals surface area contributed by atoms with Crippen LogP contribution in [0.3, 0.4) is 0 Å². The first-order valence-corrected chi connectivity index (χ1v) is 7.51. The second-order valence-electron chi connectivity index (χ2n) is 4.48. The van der Waals surface area contributed by atoms with E-state index in [0.29, 0.717) is 11.8 Å². The van der Waals surface area contributed by atoms with Crippen molar-refractivity contribution in [3.05, 3.63) is 34.9 Å². The van der Waals surface area contributed by atoms with Crippen molar-refractivity contribution in [1.82, 2.24) is 0 Å². The van der Waals surface area contributed by atoms with Gasteiger partial charge in [-0.1, -0.05) is 36.2 Å². The van der Waals surface area contributed by atoms with Gasteiger partial charge < -0.3 is 4.74 Å². The summed E-state index contributed by atoms with van der Waals surface area (Å²) in [7, 11) is 1.71. The molecule has 0 saturated heterocycles. The van der Waals surface area contributed by atoms with E-state index in [-0.39, 0.29) is 5.41 Å². The molecule has 0 N–H and O–H groups in total. The third-order valence-electron chi connectivity index (χ3n) is 3.21. The van der Waals surface area contributed by atoms with E-state index in [1.54, 1.807) is 7.11 Å². The molecule has 0 radical (unpaired) electrons. The predicted molar refractivity (Wildman–Crippen MR) is 80.3 cm³/mol. The van der Waals surface area contributed by atoms with Crippen LogP contribution in [0.5, 0.6) is 0 Å². The fourth-order valence-corrected chi connectivity index (χ4v) is 3.23. The zero-order valence-corrected chi connectivity index (χ0v) is 12.9. The minimum atomic E-state index is -0.241. The summed E-state index contributed by atoms with van der Waals surface area (Å²) in [5.41, 5.74) is 0.809. The van der Waals surface area contributed by atoms with Crippen molar-refractivity contribution in [2.45, 2.75) is 24.7 Å². The maximum absolute atomic E-state index is 6.26. The van der Waals surface area contributed by atoms with Crippen LogP contribution >= 0.6 is 34.8 Å². The maximum atomic E-state index is 6.26. The third-order valence-corrected chi connectivity index (χ3v) is 4.56. The van der Waals surface area contributed by atoms with E-state index in [0.717, 1.165) is 36.5 Å². The first-order chi connectivity index (χ1) is 8.70. The fraction of sp³-hybridized carbons (Fsp3) is 0.571. The standard InChI is InChI=1S/C14H19Cl3O/c1-18-9-5-4-8-14(10-15,11-16)12-6-2-3-7-13(12)17/h2-3,6-7H,4-5,8-11H2,1H3. The Kier molecular flexibility index (Phi) is 7.40. The smallest absolute Gasteiger partial charge is 0.0462 e. The van der Waals surface area contributed by atoms with Crippen molar-refractivity contribution in [1.29, 1.82) is 0 Å². The monoisotopic (exact) mass is 308 g/mol. The van der Waals surface area contributed by atoms with Crippen LogP contribution in [0.15, 0.2) is 24.3 Å². The second-order valence-corrected chi connectivity index (χ2v) is 5.42. The van der Waals surface area contributed by atoms with Crippen LogP contribution < -0.4 is 0 Å². The van der Waals surface area contributed by atoms with E-state index >= 15 is 0 Å². The maximum Gasteiger partial charge on any atom is 0.0462 e. The Balaban J connectivity index is 2.83. The van der Waals surface area contributed by atoms with Crippen LogP contribution in [0.4, 0.5) is 0 Å². The highest BCUT2D eigenvalue weighted by atomic mass is 35.5.